The first-order chi connectivity index (χ1) is 16.0. The van der Waals surface area contributed by atoms with E-state index in [4.69, 9.17) is 15.6 Å². The van der Waals surface area contributed by atoms with Crippen LogP contribution in [0.25, 0.3) is 0 Å². The van der Waals surface area contributed by atoms with Crippen LogP contribution in [0, 0.1) is 11.8 Å². The molecule has 5 N–H and O–H groups in total. The first-order valence-electron chi connectivity index (χ1n) is 10.3. The van der Waals surface area contributed by atoms with Crippen LogP contribution in [0.15, 0.2) is 18.5 Å². The number of rotatable bonds is 3. The first-order valence-corrected chi connectivity index (χ1v) is 11.1. The minimum atomic E-state index is -5.08. The van der Waals surface area contributed by atoms with Crippen LogP contribution in [0.2, 0.25) is 0 Å². The number of halogens is 3. The van der Waals surface area contributed by atoms with Crippen LogP contribution >= 0.6 is 11.3 Å². The van der Waals surface area contributed by atoms with Gasteiger partial charge in [0, 0.05) is 19.3 Å². The number of primary amides is 1. The van der Waals surface area contributed by atoms with E-state index in [0.717, 1.165) is 31.2 Å². The van der Waals surface area contributed by atoms with Crippen molar-refractivity contribution in [3.8, 4) is 11.8 Å². The summed E-state index contributed by atoms with van der Waals surface area (Å²) >= 11 is 1.25. The lowest BCUT2D eigenvalue weighted by Gasteiger charge is -2.16. The van der Waals surface area contributed by atoms with Crippen LogP contribution in [-0.2, 0) is 11.8 Å². The average molecular weight is 500 g/mol. The molecule has 3 amide bonds. The van der Waals surface area contributed by atoms with Gasteiger partial charge in [-0.25, -0.2) is 9.59 Å². The summed E-state index contributed by atoms with van der Waals surface area (Å²) in [6, 6.07) is 1.15. The number of nitrogens with zero attached hydrogens (tertiary/aromatic N) is 2. The van der Waals surface area contributed by atoms with E-state index in [1.54, 1.807) is 16.9 Å². The summed E-state index contributed by atoms with van der Waals surface area (Å²) in [5.41, 5.74) is 6.43. The van der Waals surface area contributed by atoms with E-state index in [1.165, 1.54) is 24.2 Å². The number of aliphatic carboxylic acids is 1. The molecule has 0 unspecified atom stereocenters. The van der Waals surface area contributed by atoms with Gasteiger partial charge in [-0.3, -0.25) is 9.48 Å². The summed E-state index contributed by atoms with van der Waals surface area (Å²) in [5, 5.41) is 16.8. The van der Waals surface area contributed by atoms with Gasteiger partial charge >= 0.3 is 18.2 Å². The molecule has 1 saturated carbocycles. The minimum Gasteiger partial charge on any atom is -0.475 e. The number of carbonyl (C=O) groups excluding carboxylic acids is 2. The number of anilines is 1. The lowest BCUT2D eigenvalue weighted by molar-refractivity contribution is -0.192. The third-order valence-electron chi connectivity index (χ3n) is 4.66. The molecule has 2 aromatic heterocycles. The Bertz CT molecular complexity index is 1080. The summed E-state index contributed by atoms with van der Waals surface area (Å²) < 4.78 is 33.4. The van der Waals surface area contributed by atoms with Crippen molar-refractivity contribution in [2.75, 3.05) is 5.32 Å². The number of amides is 3. The molecule has 0 saturated heterocycles. The maximum atomic E-state index is 12.8. The van der Waals surface area contributed by atoms with Gasteiger partial charge in [0.2, 0.25) is 0 Å². The Balaban J connectivity index is 0.000000509. The zero-order valence-electron chi connectivity index (χ0n) is 18.2. The van der Waals surface area contributed by atoms with Gasteiger partial charge in [0.25, 0.3) is 5.91 Å². The number of nitrogens with two attached hydrogens (primary N) is 1. The van der Waals surface area contributed by atoms with Crippen LogP contribution < -0.4 is 16.4 Å². The Kier molecular flexibility index (Phi) is 9.49. The second kappa shape index (κ2) is 12.1. The van der Waals surface area contributed by atoms with E-state index in [-0.39, 0.29) is 11.9 Å². The summed E-state index contributed by atoms with van der Waals surface area (Å²) in [6.45, 7) is 0. The van der Waals surface area contributed by atoms with Gasteiger partial charge in [0.05, 0.1) is 22.3 Å². The molecule has 1 fully saturated rings. The molecular formula is C21H24F3N5O4S. The topological polar surface area (TPSA) is 139 Å². The number of nitrogens with one attached hydrogen (secondary N) is 2. The second-order valence-corrected chi connectivity index (χ2v) is 8.51. The number of carboxylic acid groups (broad SMARTS) is 1. The second-order valence-electron chi connectivity index (χ2n) is 7.46. The van der Waals surface area contributed by atoms with Crippen molar-refractivity contribution in [2.24, 2.45) is 12.8 Å². The van der Waals surface area contributed by atoms with Crippen molar-refractivity contribution in [3.63, 3.8) is 0 Å². The maximum Gasteiger partial charge on any atom is 0.490 e. The number of alkyl halides is 3. The Morgan fingerprint density at radius 3 is 2.32 bits per heavy atom. The Morgan fingerprint density at radius 1 is 1.21 bits per heavy atom. The molecule has 2 heterocycles. The van der Waals surface area contributed by atoms with Gasteiger partial charge in [-0.05, 0) is 18.9 Å². The maximum absolute atomic E-state index is 12.8. The molecule has 3 rings (SSSR count). The number of carboxylic acids is 1. The van der Waals surface area contributed by atoms with Gasteiger partial charge in [0.1, 0.15) is 4.88 Å². The molecule has 184 valence electrons. The van der Waals surface area contributed by atoms with Crippen molar-refractivity contribution >= 4 is 34.9 Å². The largest absolute Gasteiger partial charge is 0.490 e. The van der Waals surface area contributed by atoms with E-state index in [9.17, 15) is 22.8 Å². The fourth-order valence-electron chi connectivity index (χ4n) is 3.14. The molecular weight excluding hydrogens is 475 g/mol. The van der Waals surface area contributed by atoms with Crippen molar-refractivity contribution in [1.29, 1.82) is 0 Å². The molecule has 0 radical (unpaired) electrons. The number of urea groups is 1. The van der Waals surface area contributed by atoms with Gasteiger partial charge in [-0.15, -0.1) is 11.3 Å². The fraction of sp³-hybridized carbons (Fsp3) is 0.429. The van der Waals surface area contributed by atoms with Crippen molar-refractivity contribution < 1.29 is 32.7 Å². The zero-order valence-corrected chi connectivity index (χ0v) is 19.1. The number of thiophene rings is 1. The number of hydrogen-bond acceptors (Lipinski definition) is 5. The quantitative estimate of drug-likeness (QED) is 0.378. The van der Waals surface area contributed by atoms with Crippen molar-refractivity contribution in [3.05, 3.63) is 33.8 Å². The molecule has 2 aromatic rings. The molecule has 0 aromatic carbocycles. The normalized spacial score (nSPS) is 14.0. The molecule has 1 aliphatic rings. The average Bonchev–Trinajstić information content (AvgIpc) is 3.24. The van der Waals surface area contributed by atoms with Gasteiger partial charge in [-0.1, -0.05) is 37.5 Å². The van der Waals surface area contributed by atoms with Gasteiger partial charge in [0.15, 0.2) is 0 Å². The molecule has 0 spiro atoms. The third kappa shape index (κ3) is 8.78. The lowest BCUT2D eigenvalue weighted by Crippen LogP contribution is -2.34. The highest BCUT2D eigenvalue weighted by Gasteiger charge is 2.38. The monoisotopic (exact) mass is 499 g/mol. The number of aromatic nitrogens is 2. The molecule has 0 bridgehead atoms. The standard InChI is InChI=1S/C19H23N5O2S.C2HF3O2/c1-24-12-13(11-21-24)8-9-15-10-16(23-19(20)26)17(27-15)18(25)22-14-6-4-2-3-5-7-14;3-2(4,5)1(6)7/h10-12,14H,2-7H2,1H3,(H,22,25)(H3,20,23,26);(H,6,7). The van der Waals surface area contributed by atoms with Crippen LogP contribution in [-0.4, -0.2) is 45.0 Å². The van der Waals surface area contributed by atoms with Crippen LogP contribution in [0.3, 0.4) is 0 Å². The minimum absolute atomic E-state index is 0.174. The van der Waals surface area contributed by atoms with Crippen LogP contribution in [0.4, 0.5) is 23.7 Å². The van der Waals surface area contributed by atoms with Gasteiger partial charge in [-0.2, -0.15) is 18.3 Å². The third-order valence-corrected chi connectivity index (χ3v) is 5.71. The first kappa shape index (κ1) is 26.7. The molecule has 0 aliphatic heterocycles. The Morgan fingerprint density at radius 2 is 1.82 bits per heavy atom. The molecule has 9 nitrogen and oxygen atoms in total. The van der Waals surface area contributed by atoms with E-state index in [1.807, 2.05) is 13.2 Å². The van der Waals surface area contributed by atoms with Crippen LogP contribution in [0.5, 0.6) is 0 Å². The molecule has 0 atom stereocenters. The van der Waals surface area contributed by atoms with E-state index < -0.39 is 18.2 Å². The van der Waals surface area contributed by atoms with Gasteiger partial charge < -0.3 is 21.5 Å². The summed E-state index contributed by atoms with van der Waals surface area (Å²) in [6.07, 6.45) is 5.06. The lowest BCUT2D eigenvalue weighted by atomic mass is 10.1. The molecule has 13 heteroatoms. The SMILES string of the molecule is Cn1cc(C#Cc2cc(NC(N)=O)c(C(=O)NC3CCCCCC3)s2)cn1.O=C(O)C(F)(F)F. The fourth-order valence-corrected chi connectivity index (χ4v) is 4.01. The number of carbonyl (C=O) groups is 3. The summed E-state index contributed by atoms with van der Waals surface area (Å²) in [4.78, 5) is 34.1. The smallest absolute Gasteiger partial charge is 0.475 e. The highest BCUT2D eigenvalue weighted by molar-refractivity contribution is 7.15. The Labute approximate surface area is 197 Å². The zero-order chi connectivity index (χ0) is 25.3. The van der Waals surface area contributed by atoms with E-state index in [2.05, 4.69) is 27.6 Å². The highest BCUT2D eigenvalue weighted by Crippen LogP contribution is 2.28. The van der Waals surface area contributed by atoms with E-state index >= 15 is 0 Å². The highest BCUT2D eigenvalue weighted by atomic mass is 32.1. The predicted molar refractivity (Wildman–Crippen MR) is 119 cm³/mol. The van der Waals surface area contributed by atoms with E-state index in [0.29, 0.717) is 15.4 Å². The number of aryl methyl sites for hydroxylation is 1. The Hall–Kier alpha value is -3.53. The molecule has 1 aliphatic carbocycles. The summed E-state index contributed by atoms with van der Waals surface area (Å²) in [7, 11) is 1.82. The number of hydrogen-bond donors (Lipinski definition) is 4. The molecule has 34 heavy (non-hydrogen) atoms. The van der Waals surface area contributed by atoms with Crippen molar-refractivity contribution in [2.45, 2.75) is 50.7 Å². The summed E-state index contributed by atoms with van der Waals surface area (Å²) in [5.74, 6) is 3.08. The predicted octanol–water partition coefficient (Wildman–Crippen LogP) is 3.46. The van der Waals surface area contributed by atoms with Crippen molar-refractivity contribution in [1.82, 2.24) is 15.1 Å². The van der Waals surface area contributed by atoms with Crippen LogP contribution in [0.1, 0.15) is 58.6 Å².